The van der Waals surface area contributed by atoms with Crippen molar-refractivity contribution in [3.63, 3.8) is 0 Å². The molecule has 0 amide bonds. The predicted molar refractivity (Wildman–Crippen MR) is 84.4 cm³/mol. The average molecular weight is 351 g/mol. The Labute approximate surface area is 131 Å². The first kappa shape index (κ1) is 15.6. The highest BCUT2D eigenvalue weighted by Gasteiger charge is 2.18. The van der Waals surface area contributed by atoms with E-state index in [4.69, 9.17) is 23.2 Å². The second-order valence-corrected chi connectivity index (χ2v) is 7.45. The fourth-order valence-electron chi connectivity index (χ4n) is 1.55. The third kappa shape index (κ3) is 3.45. The van der Waals surface area contributed by atoms with Crippen LogP contribution in [0.15, 0.2) is 34.5 Å². The number of sulfonamides is 1. The van der Waals surface area contributed by atoms with Crippen LogP contribution in [0.3, 0.4) is 0 Å². The SMILES string of the molecule is CNCc1cc(S(=O)(=O)Nc2cccc(Cl)c2Cl)cs1. The molecule has 8 heteroatoms. The van der Waals surface area contributed by atoms with Crippen molar-refractivity contribution in [3.05, 3.63) is 44.6 Å². The number of rotatable bonds is 5. The van der Waals surface area contributed by atoms with Crippen molar-refractivity contribution >= 4 is 50.2 Å². The van der Waals surface area contributed by atoms with Crippen LogP contribution in [0.4, 0.5) is 5.69 Å². The maximum absolute atomic E-state index is 12.3. The number of thiophene rings is 1. The fraction of sp³-hybridized carbons (Fsp3) is 0.167. The van der Waals surface area contributed by atoms with Crippen LogP contribution in [-0.2, 0) is 16.6 Å². The molecular formula is C12H12Cl2N2O2S2. The van der Waals surface area contributed by atoms with E-state index in [0.717, 1.165) is 4.88 Å². The Morgan fingerprint density at radius 1 is 1.30 bits per heavy atom. The molecule has 1 heterocycles. The summed E-state index contributed by atoms with van der Waals surface area (Å²) >= 11 is 13.2. The molecule has 2 rings (SSSR count). The topological polar surface area (TPSA) is 58.2 Å². The molecule has 1 aromatic carbocycles. The molecule has 0 fully saturated rings. The Hall–Kier alpha value is -0.790. The molecule has 0 bridgehead atoms. The van der Waals surface area contributed by atoms with Crippen LogP contribution in [0.25, 0.3) is 0 Å². The Bertz CT molecular complexity index is 714. The zero-order valence-corrected chi connectivity index (χ0v) is 13.6. The van der Waals surface area contributed by atoms with E-state index < -0.39 is 10.0 Å². The van der Waals surface area contributed by atoms with E-state index in [2.05, 4.69) is 10.0 Å². The van der Waals surface area contributed by atoms with E-state index in [1.165, 1.54) is 11.3 Å². The number of nitrogens with one attached hydrogen (secondary N) is 2. The van der Waals surface area contributed by atoms with Gasteiger partial charge in [0, 0.05) is 16.8 Å². The average Bonchev–Trinajstić information content (AvgIpc) is 2.85. The molecule has 108 valence electrons. The maximum Gasteiger partial charge on any atom is 0.262 e. The lowest BCUT2D eigenvalue weighted by molar-refractivity contribution is 0.601. The standard InChI is InChI=1S/C12H12Cl2N2O2S2/c1-15-6-8-5-9(7-19-8)20(17,18)16-11-4-2-3-10(13)12(11)14/h2-5,7,15-16H,6H2,1H3. The van der Waals surface area contributed by atoms with E-state index in [9.17, 15) is 8.42 Å². The smallest absolute Gasteiger partial charge is 0.262 e. The lowest BCUT2D eigenvalue weighted by Crippen LogP contribution is -2.12. The van der Waals surface area contributed by atoms with E-state index in [-0.39, 0.29) is 15.6 Å². The normalized spacial score (nSPS) is 11.6. The summed E-state index contributed by atoms with van der Waals surface area (Å²) < 4.78 is 27.0. The molecule has 4 nitrogen and oxygen atoms in total. The van der Waals surface area contributed by atoms with E-state index >= 15 is 0 Å². The van der Waals surface area contributed by atoms with Crippen molar-refractivity contribution in [2.75, 3.05) is 11.8 Å². The van der Waals surface area contributed by atoms with Crippen LogP contribution in [0.5, 0.6) is 0 Å². The first-order chi connectivity index (χ1) is 9.44. The van der Waals surface area contributed by atoms with Gasteiger partial charge in [-0.2, -0.15) is 0 Å². The summed E-state index contributed by atoms with van der Waals surface area (Å²) in [4.78, 5) is 1.15. The summed E-state index contributed by atoms with van der Waals surface area (Å²) in [5.41, 5.74) is 0.264. The van der Waals surface area contributed by atoms with Crippen LogP contribution in [0.2, 0.25) is 10.0 Å². The lowest BCUT2D eigenvalue weighted by atomic mass is 10.3. The maximum atomic E-state index is 12.3. The number of anilines is 1. The minimum Gasteiger partial charge on any atom is -0.315 e. The van der Waals surface area contributed by atoms with Crippen molar-refractivity contribution in [2.45, 2.75) is 11.4 Å². The second kappa shape index (κ2) is 6.32. The van der Waals surface area contributed by atoms with Crippen LogP contribution >= 0.6 is 34.5 Å². The van der Waals surface area contributed by atoms with Gasteiger partial charge in [0.05, 0.1) is 20.6 Å². The Morgan fingerprint density at radius 2 is 2.05 bits per heavy atom. The zero-order chi connectivity index (χ0) is 14.8. The van der Waals surface area contributed by atoms with Gasteiger partial charge in [0.1, 0.15) is 0 Å². The molecule has 2 aromatic rings. The molecule has 0 atom stereocenters. The quantitative estimate of drug-likeness (QED) is 0.866. The van der Waals surface area contributed by atoms with Crippen LogP contribution < -0.4 is 10.0 Å². The Kier molecular flexibility index (Phi) is 4.93. The van der Waals surface area contributed by atoms with Crippen LogP contribution in [0, 0.1) is 0 Å². The van der Waals surface area contributed by atoms with Gasteiger partial charge in [0.15, 0.2) is 0 Å². The summed E-state index contributed by atoms with van der Waals surface area (Å²) in [5.74, 6) is 0. The van der Waals surface area contributed by atoms with Gasteiger partial charge in [0.2, 0.25) is 0 Å². The van der Waals surface area contributed by atoms with E-state index in [0.29, 0.717) is 11.6 Å². The second-order valence-electron chi connectivity index (χ2n) is 3.99. The van der Waals surface area contributed by atoms with E-state index in [1.807, 2.05) is 0 Å². The van der Waals surface area contributed by atoms with Gasteiger partial charge in [-0.25, -0.2) is 8.42 Å². The van der Waals surface area contributed by atoms with Crippen molar-refractivity contribution in [1.29, 1.82) is 0 Å². The highest BCUT2D eigenvalue weighted by atomic mass is 35.5. The van der Waals surface area contributed by atoms with Crippen molar-refractivity contribution in [2.24, 2.45) is 0 Å². The zero-order valence-electron chi connectivity index (χ0n) is 10.5. The minimum absolute atomic E-state index is 0.184. The molecule has 0 unspecified atom stereocenters. The summed E-state index contributed by atoms with van der Waals surface area (Å²) in [6.07, 6.45) is 0. The van der Waals surface area contributed by atoms with Crippen LogP contribution in [0.1, 0.15) is 4.88 Å². The molecule has 0 aliphatic carbocycles. The van der Waals surface area contributed by atoms with Gasteiger partial charge in [-0.05, 0) is 25.2 Å². The van der Waals surface area contributed by atoms with E-state index in [1.54, 1.807) is 36.7 Å². The number of hydrogen-bond donors (Lipinski definition) is 2. The highest BCUT2D eigenvalue weighted by molar-refractivity contribution is 7.92. The highest BCUT2D eigenvalue weighted by Crippen LogP contribution is 2.31. The predicted octanol–water partition coefficient (Wildman–Crippen LogP) is 3.58. The summed E-state index contributed by atoms with van der Waals surface area (Å²) in [7, 11) is -1.86. The monoisotopic (exact) mass is 350 g/mol. The molecule has 0 saturated heterocycles. The first-order valence-electron chi connectivity index (χ1n) is 5.63. The summed E-state index contributed by atoms with van der Waals surface area (Å²) in [6, 6.07) is 6.41. The van der Waals surface area contributed by atoms with Crippen molar-refractivity contribution in [1.82, 2.24) is 5.32 Å². The Balaban J connectivity index is 2.28. The van der Waals surface area contributed by atoms with Crippen molar-refractivity contribution in [3.8, 4) is 0 Å². The third-order valence-electron chi connectivity index (χ3n) is 2.49. The molecule has 0 spiro atoms. The van der Waals surface area contributed by atoms with Gasteiger partial charge < -0.3 is 5.32 Å². The molecule has 0 aliphatic heterocycles. The van der Waals surface area contributed by atoms with Crippen LogP contribution in [-0.4, -0.2) is 15.5 Å². The number of halogens is 2. The molecule has 0 radical (unpaired) electrons. The number of benzene rings is 1. The molecule has 20 heavy (non-hydrogen) atoms. The van der Waals surface area contributed by atoms with Gasteiger partial charge in [0.25, 0.3) is 10.0 Å². The van der Waals surface area contributed by atoms with Crippen molar-refractivity contribution < 1.29 is 8.42 Å². The first-order valence-corrected chi connectivity index (χ1v) is 8.75. The lowest BCUT2D eigenvalue weighted by Gasteiger charge is -2.09. The fourth-order valence-corrected chi connectivity index (χ4v) is 4.32. The molecule has 1 aromatic heterocycles. The number of hydrogen-bond acceptors (Lipinski definition) is 4. The van der Waals surface area contributed by atoms with Gasteiger partial charge in [-0.15, -0.1) is 11.3 Å². The van der Waals surface area contributed by atoms with Gasteiger partial charge >= 0.3 is 0 Å². The van der Waals surface area contributed by atoms with Gasteiger partial charge in [-0.1, -0.05) is 29.3 Å². The largest absolute Gasteiger partial charge is 0.315 e. The molecular weight excluding hydrogens is 339 g/mol. The van der Waals surface area contributed by atoms with Gasteiger partial charge in [-0.3, -0.25) is 4.72 Å². The molecule has 0 aliphatic rings. The summed E-state index contributed by atoms with van der Waals surface area (Å²) in [5, 5.41) is 5.05. The Morgan fingerprint density at radius 3 is 2.75 bits per heavy atom. The summed E-state index contributed by atoms with van der Waals surface area (Å²) in [6.45, 7) is 0.623. The molecule has 0 saturated carbocycles. The molecule has 2 N–H and O–H groups in total. The third-order valence-corrected chi connectivity index (χ3v) is 5.74. The minimum atomic E-state index is -3.66.